The Kier molecular flexibility index (Phi) is 3.98. The maximum absolute atomic E-state index is 11.3. The first kappa shape index (κ1) is 12.9. The highest BCUT2D eigenvalue weighted by atomic mass is 16.5. The first-order valence-corrected chi connectivity index (χ1v) is 5.91. The van der Waals surface area contributed by atoms with Gasteiger partial charge in [0.2, 0.25) is 5.76 Å². The molecule has 0 atom stereocenters. The van der Waals surface area contributed by atoms with Gasteiger partial charge in [0.05, 0.1) is 0 Å². The number of carboxylic acids is 1. The summed E-state index contributed by atoms with van der Waals surface area (Å²) in [5.41, 5.74) is 1.42. The third kappa shape index (κ3) is 3.22. The topological polar surface area (TPSA) is 46.5 Å². The van der Waals surface area contributed by atoms with Crippen LogP contribution in [0.15, 0.2) is 66.4 Å². The molecule has 0 aliphatic carbocycles. The Balaban J connectivity index is 2.38. The predicted octanol–water partition coefficient (Wildman–Crippen LogP) is 3.58. The van der Waals surface area contributed by atoms with Crippen molar-refractivity contribution < 1.29 is 14.6 Å². The minimum Gasteiger partial charge on any atom is -0.475 e. The summed E-state index contributed by atoms with van der Waals surface area (Å²) < 4.78 is 5.47. The van der Waals surface area contributed by atoms with Crippen LogP contribution in [0, 0.1) is 0 Å². The van der Waals surface area contributed by atoms with Crippen molar-refractivity contribution in [3.05, 3.63) is 72.0 Å². The van der Waals surface area contributed by atoms with Crippen LogP contribution in [0.3, 0.4) is 0 Å². The standard InChI is InChI=1S/C16H14O3/c1-12(13-8-4-2-5-9-13)15(16(17)18)19-14-10-6-3-7-11-14/h2-11H,1H3,(H,17,18). The lowest BCUT2D eigenvalue weighted by Crippen LogP contribution is -2.10. The van der Waals surface area contributed by atoms with Crippen molar-refractivity contribution in [1.29, 1.82) is 0 Å². The van der Waals surface area contributed by atoms with Crippen LogP contribution >= 0.6 is 0 Å². The number of benzene rings is 2. The third-order valence-electron chi connectivity index (χ3n) is 2.70. The summed E-state index contributed by atoms with van der Waals surface area (Å²) in [5.74, 6) is -0.627. The average Bonchev–Trinajstić information content (AvgIpc) is 2.46. The molecule has 0 saturated heterocycles. The van der Waals surface area contributed by atoms with E-state index in [0.29, 0.717) is 11.3 Å². The van der Waals surface area contributed by atoms with E-state index in [4.69, 9.17) is 4.74 Å². The van der Waals surface area contributed by atoms with Gasteiger partial charge in [0.1, 0.15) is 5.75 Å². The number of aliphatic carboxylic acids is 1. The van der Waals surface area contributed by atoms with Crippen molar-refractivity contribution in [2.24, 2.45) is 0 Å². The monoisotopic (exact) mass is 254 g/mol. The quantitative estimate of drug-likeness (QED) is 0.670. The van der Waals surface area contributed by atoms with E-state index < -0.39 is 5.97 Å². The van der Waals surface area contributed by atoms with Crippen LogP contribution in [0.4, 0.5) is 0 Å². The van der Waals surface area contributed by atoms with Crippen LogP contribution in [-0.2, 0) is 4.79 Å². The van der Waals surface area contributed by atoms with Crippen LogP contribution in [-0.4, -0.2) is 11.1 Å². The molecular weight excluding hydrogens is 240 g/mol. The number of carbonyl (C=O) groups is 1. The molecule has 3 nitrogen and oxygen atoms in total. The molecule has 2 aromatic carbocycles. The van der Waals surface area contributed by atoms with Gasteiger partial charge in [-0.15, -0.1) is 0 Å². The second-order valence-corrected chi connectivity index (χ2v) is 4.04. The summed E-state index contributed by atoms with van der Waals surface area (Å²) in [6.45, 7) is 1.74. The van der Waals surface area contributed by atoms with Crippen molar-refractivity contribution in [1.82, 2.24) is 0 Å². The molecule has 0 spiro atoms. The lowest BCUT2D eigenvalue weighted by Gasteiger charge is -2.10. The Morgan fingerprint density at radius 2 is 1.47 bits per heavy atom. The molecule has 0 amide bonds. The van der Waals surface area contributed by atoms with Gasteiger partial charge >= 0.3 is 5.97 Å². The van der Waals surface area contributed by atoms with Gasteiger partial charge in [-0.05, 0) is 24.6 Å². The maximum Gasteiger partial charge on any atom is 0.372 e. The van der Waals surface area contributed by atoms with E-state index in [9.17, 15) is 9.90 Å². The second-order valence-electron chi connectivity index (χ2n) is 4.04. The fourth-order valence-electron chi connectivity index (χ4n) is 1.71. The molecule has 19 heavy (non-hydrogen) atoms. The Morgan fingerprint density at radius 1 is 0.947 bits per heavy atom. The zero-order chi connectivity index (χ0) is 13.7. The molecule has 2 aromatic rings. The summed E-state index contributed by atoms with van der Waals surface area (Å²) in [6, 6.07) is 18.2. The van der Waals surface area contributed by atoms with Gasteiger partial charge in [-0.25, -0.2) is 4.79 Å². The lowest BCUT2D eigenvalue weighted by atomic mass is 10.1. The molecule has 0 radical (unpaired) electrons. The van der Waals surface area contributed by atoms with E-state index in [-0.39, 0.29) is 5.76 Å². The molecule has 96 valence electrons. The molecular formula is C16H14O3. The zero-order valence-electron chi connectivity index (χ0n) is 10.5. The minimum absolute atomic E-state index is 0.0580. The van der Waals surface area contributed by atoms with Crippen molar-refractivity contribution in [2.45, 2.75) is 6.92 Å². The van der Waals surface area contributed by atoms with Gasteiger partial charge in [-0.3, -0.25) is 0 Å². The van der Waals surface area contributed by atoms with Gasteiger partial charge < -0.3 is 9.84 Å². The Morgan fingerprint density at radius 3 is 2.00 bits per heavy atom. The summed E-state index contributed by atoms with van der Waals surface area (Å²) >= 11 is 0. The number of para-hydroxylation sites is 1. The zero-order valence-corrected chi connectivity index (χ0v) is 10.5. The van der Waals surface area contributed by atoms with Crippen LogP contribution in [0.25, 0.3) is 5.57 Å². The fourth-order valence-corrected chi connectivity index (χ4v) is 1.71. The smallest absolute Gasteiger partial charge is 0.372 e. The predicted molar refractivity (Wildman–Crippen MR) is 73.7 cm³/mol. The van der Waals surface area contributed by atoms with Crippen LogP contribution < -0.4 is 4.74 Å². The van der Waals surface area contributed by atoms with Gasteiger partial charge in [0.25, 0.3) is 0 Å². The largest absolute Gasteiger partial charge is 0.475 e. The molecule has 0 heterocycles. The van der Waals surface area contributed by atoms with Crippen molar-refractivity contribution >= 4 is 11.5 Å². The number of ether oxygens (including phenoxy) is 1. The van der Waals surface area contributed by atoms with E-state index >= 15 is 0 Å². The first-order chi connectivity index (χ1) is 9.18. The van der Waals surface area contributed by atoms with Gasteiger partial charge in [0.15, 0.2) is 0 Å². The molecule has 0 aliphatic heterocycles. The molecule has 0 aromatic heterocycles. The average molecular weight is 254 g/mol. The summed E-state index contributed by atoms with van der Waals surface area (Å²) in [4.78, 5) is 11.3. The Labute approximate surface area is 111 Å². The number of hydrogen-bond acceptors (Lipinski definition) is 2. The van der Waals surface area contributed by atoms with E-state index in [1.807, 2.05) is 36.4 Å². The molecule has 0 saturated carbocycles. The molecule has 0 aliphatic rings. The highest BCUT2D eigenvalue weighted by molar-refractivity contribution is 5.94. The number of hydrogen-bond donors (Lipinski definition) is 1. The van der Waals surface area contributed by atoms with E-state index in [0.717, 1.165) is 5.56 Å². The molecule has 0 unspecified atom stereocenters. The summed E-state index contributed by atoms with van der Waals surface area (Å²) in [7, 11) is 0. The Bertz CT molecular complexity index is 586. The first-order valence-electron chi connectivity index (χ1n) is 5.91. The molecule has 2 rings (SSSR count). The van der Waals surface area contributed by atoms with Crippen molar-refractivity contribution in [2.75, 3.05) is 0 Å². The molecule has 3 heteroatoms. The van der Waals surface area contributed by atoms with Crippen LogP contribution in [0.2, 0.25) is 0 Å². The normalized spacial score (nSPS) is 11.6. The van der Waals surface area contributed by atoms with Gasteiger partial charge in [-0.1, -0.05) is 48.5 Å². The van der Waals surface area contributed by atoms with E-state index in [2.05, 4.69) is 0 Å². The minimum atomic E-state index is -1.08. The molecule has 1 N–H and O–H groups in total. The number of rotatable bonds is 4. The SMILES string of the molecule is CC(=C(Oc1ccccc1)C(=O)O)c1ccccc1. The summed E-state index contributed by atoms with van der Waals surface area (Å²) in [5, 5.41) is 9.28. The summed E-state index contributed by atoms with van der Waals surface area (Å²) in [6.07, 6.45) is 0. The van der Waals surface area contributed by atoms with E-state index in [1.165, 1.54) is 0 Å². The lowest BCUT2D eigenvalue weighted by molar-refractivity contribution is -0.134. The third-order valence-corrected chi connectivity index (χ3v) is 2.70. The highest BCUT2D eigenvalue weighted by Gasteiger charge is 2.15. The Hall–Kier alpha value is -2.55. The highest BCUT2D eigenvalue weighted by Crippen LogP contribution is 2.21. The number of carboxylic acid groups (broad SMARTS) is 1. The number of allylic oxidation sites excluding steroid dienone is 1. The second kappa shape index (κ2) is 5.87. The maximum atomic E-state index is 11.3. The molecule has 0 bridgehead atoms. The fraction of sp³-hybridized carbons (Fsp3) is 0.0625. The van der Waals surface area contributed by atoms with Gasteiger partial charge in [0, 0.05) is 5.57 Å². The molecule has 0 fully saturated rings. The van der Waals surface area contributed by atoms with Crippen LogP contribution in [0.5, 0.6) is 5.75 Å². The van der Waals surface area contributed by atoms with Gasteiger partial charge in [-0.2, -0.15) is 0 Å². The van der Waals surface area contributed by atoms with Crippen LogP contribution in [0.1, 0.15) is 12.5 Å². The van der Waals surface area contributed by atoms with Crippen molar-refractivity contribution in [3.63, 3.8) is 0 Å². The van der Waals surface area contributed by atoms with Crippen molar-refractivity contribution in [3.8, 4) is 5.75 Å². The van der Waals surface area contributed by atoms with E-state index in [1.54, 1.807) is 31.2 Å².